The lowest BCUT2D eigenvalue weighted by molar-refractivity contribution is -0.128. The molecule has 7 heteroatoms. The zero-order valence-electron chi connectivity index (χ0n) is 18.3. The molecule has 4 N–H and O–H groups in total. The first-order valence-corrected chi connectivity index (χ1v) is 10.2. The number of aromatic amines is 1. The van der Waals surface area contributed by atoms with Gasteiger partial charge in [0.15, 0.2) is 5.96 Å². The van der Waals surface area contributed by atoms with Gasteiger partial charge in [0.2, 0.25) is 5.91 Å². The summed E-state index contributed by atoms with van der Waals surface area (Å²) in [6.07, 6.45) is 4.00. The number of fused-ring (bicyclic) bond motifs is 1. The van der Waals surface area contributed by atoms with Crippen molar-refractivity contribution in [1.29, 1.82) is 0 Å². The Bertz CT molecular complexity index is 807. The summed E-state index contributed by atoms with van der Waals surface area (Å²) < 4.78 is 0. The monoisotopic (exact) mass is 513 g/mol. The molecule has 2 aromatic rings. The summed E-state index contributed by atoms with van der Waals surface area (Å²) in [5, 5.41) is 10.8. The van der Waals surface area contributed by atoms with Crippen LogP contribution >= 0.6 is 24.0 Å². The fourth-order valence-corrected chi connectivity index (χ4v) is 3.03. The van der Waals surface area contributed by atoms with Crippen molar-refractivity contribution in [3.05, 3.63) is 35.5 Å². The van der Waals surface area contributed by atoms with Gasteiger partial charge in [-0.3, -0.25) is 9.79 Å². The number of amides is 1. The molecule has 29 heavy (non-hydrogen) atoms. The minimum absolute atomic E-state index is 0. The van der Waals surface area contributed by atoms with Crippen molar-refractivity contribution < 1.29 is 4.79 Å². The molecular formula is C22H36IN5O. The average Bonchev–Trinajstić information content (AvgIpc) is 3.07. The average molecular weight is 513 g/mol. The van der Waals surface area contributed by atoms with E-state index in [4.69, 9.17) is 0 Å². The number of rotatable bonds is 8. The van der Waals surface area contributed by atoms with E-state index >= 15 is 0 Å². The molecule has 2 rings (SSSR count). The lowest BCUT2D eigenvalue weighted by Gasteiger charge is -2.18. The highest BCUT2D eigenvalue weighted by Gasteiger charge is 2.20. The summed E-state index contributed by atoms with van der Waals surface area (Å²) in [5.74, 6) is 0.837. The summed E-state index contributed by atoms with van der Waals surface area (Å²) in [6.45, 7) is 12.7. The molecule has 1 heterocycles. The first-order valence-electron chi connectivity index (χ1n) is 10.2. The van der Waals surface area contributed by atoms with E-state index in [1.54, 1.807) is 0 Å². The number of carbonyl (C=O) groups excluding carboxylic acids is 1. The van der Waals surface area contributed by atoms with E-state index in [9.17, 15) is 4.79 Å². The molecule has 0 fully saturated rings. The SMILES string of the molecule is CCNC(=NCCc1c[nH]c2c(CC)cccc12)NCCNC(=O)C(C)(C)C.I. The van der Waals surface area contributed by atoms with Crippen LogP contribution in [0, 0.1) is 5.41 Å². The van der Waals surface area contributed by atoms with Crippen LogP contribution in [0.2, 0.25) is 0 Å². The van der Waals surface area contributed by atoms with Crippen LogP contribution in [0.15, 0.2) is 29.4 Å². The van der Waals surface area contributed by atoms with Crippen molar-refractivity contribution in [3.8, 4) is 0 Å². The van der Waals surface area contributed by atoms with Crippen LogP contribution in [0.5, 0.6) is 0 Å². The topological polar surface area (TPSA) is 81.3 Å². The van der Waals surface area contributed by atoms with E-state index in [1.807, 2.05) is 27.7 Å². The molecule has 0 aliphatic rings. The zero-order chi connectivity index (χ0) is 20.6. The van der Waals surface area contributed by atoms with Gasteiger partial charge < -0.3 is 20.9 Å². The van der Waals surface area contributed by atoms with Crippen molar-refractivity contribution in [2.45, 2.75) is 47.5 Å². The standard InChI is InChI=1S/C22H35N5O.HI/c1-6-16-9-8-10-18-17(15-27-19(16)18)11-12-25-21(23-7-2)26-14-13-24-20(28)22(3,4)5;/h8-10,15,27H,6-7,11-14H2,1-5H3,(H,24,28)(H2,23,25,26);1H. The van der Waals surface area contributed by atoms with E-state index in [0.717, 1.165) is 25.3 Å². The number of aliphatic imine (C=N–C) groups is 1. The highest BCUT2D eigenvalue weighted by molar-refractivity contribution is 14.0. The molecule has 0 bridgehead atoms. The second-order valence-electron chi connectivity index (χ2n) is 7.95. The van der Waals surface area contributed by atoms with Crippen LogP contribution in [0.3, 0.4) is 0 Å². The highest BCUT2D eigenvalue weighted by Crippen LogP contribution is 2.22. The maximum absolute atomic E-state index is 11.9. The Morgan fingerprint density at radius 2 is 1.79 bits per heavy atom. The van der Waals surface area contributed by atoms with Crippen molar-refractivity contribution in [2.75, 3.05) is 26.2 Å². The molecule has 0 atom stereocenters. The Balaban J connectivity index is 0.00000420. The van der Waals surface area contributed by atoms with Crippen LogP contribution in [-0.4, -0.2) is 43.0 Å². The van der Waals surface area contributed by atoms with E-state index < -0.39 is 0 Å². The van der Waals surface area contributed by atoms with Gasteiger partial charge in [0, 0.05) is 48.7 Å². The van der Waals surface area contributed by atoms with Crippen LogP contribution in [-0.2, 0) is 17.6 Å². The maximum atomic E-state index is 11.9. The lowest BCUT2D eigenvalue weighted by atomic mass is 9.96. The van der Waals surface area contributed by atoms with Gasteiger partial charge in [-0.05, 0) is 30.9 Å². The third-order valence-electron chi connectivity index (χ3n) is 4.65. The predicted octanol–water partition coefficient (Wildman–Crippen LogP) is 3.61. The third-order valence-corrected chi connectivity index (χ3v) is 4.65. The Labute approximate surface area is 191 Å². The Hall–Kier alpha value is -1.77. The minimum Gasteiger partial charge on any atom is -0.361 e. The summed E-state index contributed by atoms with van der Waals surface area (Å²) >= 11 is 0. The van der Waals surface area contributed by atoms with Crippen LogP contribution in [0.25, 0.3) is 10.9 Å². The van der Waals surface area contributed by atoms with Crippen LogP contribution in [0.4, 0.5) is 0 Å². The number of halogens is 1. The smallest absolute Gasteiger partial charge is 0.225 e. The quantitative estimate of drug-likeness (QED) is 0.189. The third kappa shape index (κ3) is 7.53. The molecule has 6 nitrogen and oxygen atoms in total. The first kappa shape index (κ1) is 25.3. The maximum Gasteiger partial charge on any atom is 0.225 e. The van der Waals surface area contributed by atoms with E-state index in [2.05, 4.69) is 57.2 Å². The van der Waals surface area contributed by atoms with Crippen molar-refractivity contribution in [1.82, 2.24) is 20.9 Å². The lowest BCUT2D eigenvalue weighted by Crippen LogP contribution is -2.43. The fourth-order valence-electron chi connectivity index (χ4n) is 3.03. The van der Waals surface area contributed by atoms with Crippen molar-refractivity contribution in [3.63, 3.8) is 0 Å². The second-order valence-corrected chi connectivity index (χ2v) is 7.95. The molecule has 0 aliphatic heterocycles. The number of hydrogen-bond donors (Lipinski definition) is 4. The van der Waals surface area contributed by atoms with Crippen molar-refractivity contribution >= 4 is 46.7 Å². The molecule has 0 spiro atoms. The number of H-pyrrole nitrogens is 1. The number of carbonyl (C=O) groups is 1. The van der Waals surface area contributed by atoms with Gasteiger partial charge in [0.1, 0.15) is 0 Å². The number of aromatic nitrogens is 1. The van der Waals surface area contributed by atoms with Crippen LogP contribution in [0.1, 0.15) is 45.7 Å². The fraction of sp³-hybridized carbons (Fsp3) is 0.545. The van der Waals surface area contributed by atoms with E-state index in [-0.39, 0.29) is 35.3 Å². The number of aryl methyl sites for hydroxylation is 1. The molecule has 0 radical (unpaired) electrons. The second kappa shape index (κ2) is 12.0. The number of nitrogens with zero attached hydrogens (tertiary/aromatic N) is 1. The summed E-state index contributed by atoms with van der Waals surface area (Å²) in [4.78, 5) is 20.0. The molecular weight excluding hydrogens is 477 g/mol. The molecule has 1 aromatic carbocycles. The molecule has 162 valence electrons. The number of hydrogen-bond acceptors (Lipinski definition) is 2. The number of guanidine groups is 1. The van der Waals surface area contributed by atoms with Gasteiger partial charge in [0.05, 0.1) is 0 Å². The number of para-hydroxylation sites is 1. The summed E-state index contributed by atoms with van der Waals surface area (Å²) in [6, 6.07) is 6.47. The Morgan fingerprint density at radius 3 is 2.45 bits per heavy atom. The molecule has 1 amide bonds. The van der Waals surface area contributed by atoms with Gasteiger partial charge in [-0.25, -0.2) is 0 Å². The van der Waals surface area contributed by atoms with Gasteiger partial charge in [0.25, 0.3) is 0 Å². The summed E-state index contributed by atoms with van der Waals surface area (Å²) in [7, 11) is 0. The van der Waals surface area contributed by atoms with Gasteiger partial charge in [-0.1, -0.05) is 45.9 Å². The van der Waals surface area contributed by atoms with Gasteiger partial charge >= 0.3 is 0 Å². The van der Waals surface area contributed by atoms with E-state index in [1.165, 1.54) is 22.0 Å². The highest BCUT2D eigenvalue weighted by atomic mass is 127. The number of benzene rings is 1. The molecule has 1 aromatic heterocycles. The van der Waals surface area contributed by atoms with Crippen LogP contribution < -0.4 is 16.0 Å². The first-order chi connectivity index (χ1) is 13.4. The molecule has 0 saturated heterocycles. The Morgan fingerprint density at radius 1 is 1.07 bits per heavy atom. The Kier molecular flexibility index (Phi) is 10.5. The molecule has 0 saturated carbocycles. The van der Waals surface area contributed by atoms with E-state index in [0.29, 0.717) is 19.6 Å². The molecule has 0 unspecified atom stereocenters. The zero-order valence-corrected chi connectivity index (χ0v) is 20.6. The normalized spacial score (nSPS) is 11.8. The number of nitrogens with one attached hydrogen (secondary N) is 4. The predicted molar refractivity (Wildman–Crippen MR) is 133 cm³/mol. The molecule has 0 aliphatic carbocycles. The van der Waals surface area contributed by atoms with Gasteiger partial charge in [-0.2, -0.15) is 0 Å². The largest absolute Gasteiger partial charge is 0.361 e. The minimum atomic E-state index is -0.366. The van der Waals surface area contributed by atoms with Gasteiger partial charge in [-0.15, -0.1) is 24.0 Å². The summed E-state index contributed by atoms with van der Waals surface area (Å²) in [5.41, 5.74) is 3.51. The van der Waals surface area contributed by atoms with Crippen molar-refractivity contribution in [2.24, 2.45) is 10.4 Å².